The first-order valence-corrected chi connectivity index (χ1v) is 15.1. The molecule has 0 spiro atoms. The zero-order chi connectivity index (χ0) is 29.8. The van der Waals surface area contributed by atoms with Gasteiger partial charge in [-0.25, -0.2) is 4.79 Å². The van der Waals surface area contributed by atoms with Crippen LogP contribution in [0.3, 0.4) is 0 Å². The Bertz CT molecular complexity index is 1200. The number of epoxide rings is 1. The third-order valence-electron chi connectivity index (χ3n) is 10.9. The Balaban J connectivity index is 1.72. The zero-order valence-electron chi connectivity index (χ0n) is 23.9. The van der Waals surface area contributed by atoms with Crippen LogP contribution in [0.15, 0.2) is 23.1 Å². The molecule has 4 N–H and O–H groups in total. The average Bonchev–Trinajstić information content (AvgIpc) is 3.74. The van der Waals surface area contributed by atoms with E-state index in [4.69, 9.17) is 14.2 Å². The highest BCUT2D eigenvalue weighted by atomic mass is 32.2. The molecule has 1 aliphatic heterocycles. The summed E-state index contributed by atoms with van der Waals surface area (Å²) in [5.74, 6) is -6.22. The van der Waals surface area contributed by atoms with Gasteiger partial charge in [-0.1, -0.05) is 40.7 Å². The van der Waals surface area contributed by atoms with Gasteiger partial charge in [-0.2, -0.15) is 0 Å². The Morgan fingerprint density at radius 3 is 2.50 bits per heavy atom. The summed E-state index contributed by atoms with van der Waals surface area (Å²) in [7, 11) is 0. The van der Waals surface area contributed by atoms with Crippen molar-refractivity contribution in [2.24, 2.45) is 35.0 Å². The highest BCUT2D eigenvalue weighted by molar-refractivity contribution is 8.01. The molecule has 222 valence electrons. The second-order valence-electron chi connectivity index (χ2n) is 12.9. The topological polar surface area (TPSA) is 163 Å². The van der Waals surface area contributed by atoms with Crippen molar-refractivity contribution in [2.45, 2.75) is 88.7 Å². The van der Waals surface area contributed by atoms with E-state index < -0.39 is 100 Å². The molecule has 3 saturated carbocycles. The van der Waals surface area contributed by atoms with Crippen LogP contribution in [0.2, 0.25) is 0 Å². The highest BCUT2D eigenvalue weighted by Gasteiger charge is 2.93. The van der Waals surface area contributed by atoms with E-state index in [0.717, 1.165) is 0 Å². The molecule has 0 aromatic carbocycles. The number of thioether (sulfide) groups is 1. The summed E-state index contributed by atoms with van der Waals surface area (Å²) in [5, 5.41) is 48.3. The number of aliphatic hydroxyl groups is 4. The Labute approximate surface area is 238 Å². The second kappa shape index (κ2) is 9.12. The molecule has 1 heterocycles. The molecule has 4 aliphatic carbocycles. The number of hydrogen-bond acceptors (Lipinski definition) is 11. The summed E-state index contributed by atoms with van der Waals surface area (Å²) in [4.78, 5) is 39.7. The van der Waals surface area contributed by atoms with Crippen LogP contribution >= 0.6 is 11.8 Å². The van der Waals surface area contributed by atoms with Crippen molar-refractivity contribution in [1.29, 1.82) is 0 Å². The van der Waals surface area contributed by atoms with Gasteiger partial charge in [0.1, 0.15) is 17.8 Å². The summed E-state index contributed by atoms with van der Waals surface area (Å²) in [5.41, 5.74) is -8.21. The SMILES string of the molecule is CCC(C)C(=O)OC12C(OC(=O)/C=C/SC)C(C)C3(O)C(C4OC4(CO)C(O)C4(O)C(=O)C(C)=CC43)C1C2(C)C. The van der Waals surface area contributed by atoms with Gasteiger partial charge in [0.2, 0.25) is 0 Å². The first kappa shape index (κ1) is 29.7. The van der Waals surface area contributed by atoms with Gasteiger partial charge in [0.25, 0.3) is 0 Å². The minimum atomic E-state index is -2.49. The van der Waals surface area contributed by atoms with Crippen molar-refractivity contribution in [3.05, 3.63) is 23.1 Å². The summed E-state index contributed by atoms with van der Waals surface area (Å²) in [6.45, 7) is 9.75. The first-order valence-electron chi connectivity index (χ1n) is 13.9. The van der Waals surface area contributed by atoms with Gasteiger partial charge >= 0.3 is 11.9 Å². The van der Waals surface area contributed by atoms with Crippen LogP contribution in [0.1, 0.15) is 48.0 Å². The molecule has 10 nitrogen and oxygen atoms in total. The van der Waals surface area contributed by atoms with Crippen LogP contribution in [0, 0.1) is 35.0 Å². The molecular weight excluding hydrogens is 540 g/mol. The minimum Gasteiger partial charge on any atom is -0.454 e. The molecule has 12 atom stereocenters. The molecule has 12 unspecified atom stereocenters. The number of carbonyl (C=O) groups is 3. The van der Waals surface area contributed by atoms with Gasteiger partial charge in [-0.15, -0.1) is 11.8 Å². The lowest BCUT2D eigenvalue weighted by atomic mass is 9.58. The lowest BCUT2D eigenvalue weighted by Crippen LogP contribution is -2.69. The first-order chi connectivity index (χ1) is 18.6. The summed E-state index contributed by atoms with van der Waals surface area (Å²) in [6.07, 6.45) is 1.06. The van der Waals surface area contributed by atoms with Crippen LogP contribution in [0.25, 0.3) is 0 Å². The Morgan fingerprint density at radius 1 is 1.27 bits per heavy atom. The summed E-state index contributed by atoms with van der Waals surface area (Å²) in [6, 6.07) is 0. The largest absolute Gasteiger partial charge is 0.454 e. The van der Waals surface area contributed by atoms with Gasteiger partial charge in [-0.05, 0) is 30.6 Å². The predicted molar refractivity (Wildman–Crippen MR) is 144 cm³/mol. The molecule has 1 saturated heterocycles. The van der Waals surface area contributed by atoms with Crippen LogP contribution in [0.4, 0.5) is 0 Å². The van der Waals surface area contributed by atoms with E-state index in [0.29, 0.717) is 6.42 Å². The standard InChI is InChI=1S/C29H40O10S/c1-8-13(2)23(33)39-29-19(25(29,5)6)18-22-26(12-30,38-22)24(34)28(36)16(11-14(3)20(28)32)27(18,35)15(4)21(29)37-17(31)9-10-40-7/h9-11,13,15-16,18-19,21-22,24,30,34-36H,8,12H2,1-7H3/b10-9+. The number of hydrogen-bond donors (Lipinski definition) is 4. The monoisotopic (exact) mass is 580 g/mol. The predicted octanol–water partition coefficient (Wildman–Crippen LogP) is 1.14. The fourth-order valence-corrected chi connectivity index (χ4v) is 8.64. The fraction of sp³-hybridized carbons (Fsp3) is 0.759. The van der Waals surface area contributed by atoms with Crippen LogP contribution in [-0.2, 0) is 28.6 Å². The summed E-state index contributed by atoms with van der Waals surface area (Å²) < 4.78 is 18.3. The van der Waals surface area contributed by atoms with Gasteiger partial charge in [0, 0.05) is 35.2 Å². The van der Waals surface area contributed by atoms with Crippen molar-refractivity contribution >= 4 is 29.5 Å². The fourth-order valence-electron chi connectivity index (χ4n) is 8.39. The van der Waals surface area contributed by atoms with Crippen molar-refractivity contribution in [2.75, 3.05) is 12.9 Å². The van der Waals surface area contributed by atoms with Gasteiger partial charge in [-0.3, -0.25) is 9.59 Å². The maximum atomic E-state index is 13.4. The van der Waals surface area contributed by atoms with Crippen LogP contribution in [-0.4, -0.2) is 91.7 Å². The van der Waals surface area contributed by atoms with E-state index >= 15 is 0 Å². The van der Waals surface area contributed by atoms with Gasteiger partial charge in [0.05, 0.1) is 24.2 Å². The Kier molecular flexibility index (Phi) is 6.78. The zero-order valence-corrected chi connectivity index (χ0v) is 24.7. The molecule has 0 amide bonds. The van der Waals surface area contributed by atoms with Crippen LogP contribution < -0.4 is 0 Å². The molecule has 5 aliphatic rings. The Morgan fingerprint density at radius 2 is 1.93 bits per heavy atom. The number of esters is 2. The molecule has 0 aromatic rings. The molecule has 0 bridgehead atoms. The third-order valence-corrected chi connectivity index (χ3v) is 11.3. The normalized spacial score (nSPS) is 48.6. The molecular formula is C29H40O10S. The van der Waals surface area contributed by atoms with E-state index in [1.807, 2.05) is 20.8 Å². The van der Waals surface area contributed by atoms with Crippen LogP contribution in [0.5, 0.6) is 0 Å². The van der Waals surface area contributed by atoms with Crippen molar-refractivity contribution < 1.29 is 49.0 Å². The van der Waals surface area contributed by atoms with Crippen molar-refractivity contribution in [1.82, 2.24) is 0 Å². The minimum absolute atomic E-state index is 0.157. The second-order valence-corrected chi connectivity index (χ2v) is 13.6. The van der Waals surface area contributed by atoms with Gasteiger partial charge < -0.3 is 34.6 Å². The number of Topliss-reactive ketones (excluding diaryl/α,β-unsaturated/α-hetero) is 1. The molecule has 0 radical (unpaired) electrons. The number of rotatable bonds is 7. The number of carbonyl (C=O) groups excluding carboxylic acids is 3. The van der Waals surface area contributed by atoms with E-state index in [-0.39, 0.29) is 5.57 Å². The third kappa shape index (κ3) is 3.33. The van der Waals surface area contributed by atoms with Crippen molar-refractivity contribution in [3.63, 3.8) is 0 Å². The number of ketones is 1. The van der Waals surface area contributed by atoms with E-state index in [9.17, 15) is 34.8 Å². The van der Waals surface area contributed by atoms with Crippen molar-refractivity contribution in [3.8, 4) is 0 Å². The molecule has 40 heavy (non-hydrogen) atoms. The Hall–Kier alpha value is -1.76. The number of fused-ring (bicyclic) bond motifs is 7. The lowest BCUT2D eigenvalue weighted by molar-refractivity contribution is -0.244. The lowest BCUT2D eigenvalue weighted by Gasteiger charge is -2.53. The number of ether oxygens (including phenoxy) is 3. The summed E-state index contributed by atoms with van der Waals surface area (Å²) >= 11 is 1.30. The molecule has 5 rings (SSSR count). The van der Waals surface area contributed by atoms with E-state index in [1.54, 1.807) is 25.5 Å². The van der Waals surface area contributed by atoms with E-state index in [1.165, 1.54) is 30.8 Å². The molecule has 0 aromatic heterocycles. The molecule has 11 heteroatoms. The maximum absolute atomic E-state index is 13.4. The number of aliphatic hydroxyl groups excluding tert-OH is 2. The molecule has 4 fully saturated rings. The van der Waals surface area contributed by atoms with Gasteiger partial charge in [0.15, 0.2) is 17.0 Å². The average molecular weight is 581 g/mol. The quantitative estimate of drug-likeness (QED) is 0.194. The maximum Gasteiger partial charge on any atom is 0.331 e. The van der Waals surface area contributed by atoms with E-state index in [2.05, 4.69) is 0 Å². The highest BCUT2D eigenvalue weighted by Crippen LogP contribution is 2.80. The smallest absolute Gasteiger partial charge is 0.331 e.